The van der Waals surface area contributed by atoms with Crippen molar-refractivity contribution < 1.29 is 9.13 Å². The Morgan fingerprint density at radius 2 is 1.78 bits per heavy atom. The Morgan fingerprint density at radius 3 is 2.39 bits per heavy atom. The lowest BCUT2D eigenvalue weighted by atomic mass is 9.78. The number of rotatable bonds is 5. The normalized spacial score (nSPS) is 11.4. The molecular weight excluding hydrogens is 289 g/mol. The van der Waals surface area contributed by atoms with Crippen molar-refractivity contribution in [1.82, 2.24) is 0 Å². The number of aryl methyl sites for hydroxylation is 1. The summed E-state index contributed by atoms with van der Waals surface area (Å²) in [5.41, 5.74) is 4.61. The lowest BCUT2D eigenvalue weighted by Crippen LogP contribution is -2.22. The van der Waals surface area contributed by atoms with Gasteiger partial charge in [-0.25, -0.2) is 4.39 Å². The van der Waals surface area contributed by atoms with Crippen LogP contribution < -0.4 is 9.64 Å². The number of hydrogen-bond donors (Lipinski definition) is 0. The van der Waals surface area contributed by atoms with Crippen molar-refractivity contribution in [3.63, 3.8) is 0 Å². The predicted molar refractivity (Wildman–Crippen MR) is 95.2 cm³/mol. The molecule has 23 heavy (non-hydrogen) atoms. The minimum Gasteiger partial charge on any atom is -0.496 e. The van der Waals surface area contributed by atoms with Crippen LogP contribution in [-0.4, -0.2) is 21.2 Å². The summed E-state index contributed by atoms with van der Waals surface area (Å²) in [4.78, 5) is 2.13. The average molecular weight is 315 g/mol. The molecule has 2 nitrogen and oxygen atoms in total. The molecule has 0 heterocycles. The Kier molecular flexibility index (Phi) is 4.98. The summed E-state index contributed by atoms with van der Waals surface area (Å²) in [5, 5.41) is 0. The van der Waals surface area contributed by atoms with E-state index in [4.69, 9.17) is 4.74 Å². The van der Waals surface area contributed by atoms with Gasteiger partial charge in [0, 0.05) is 31.4 Å². The zero-order valence-electron chi connectivity index (χ0n) is 14.9. The molecule has 2 rings (SSSR count). The molecule has 0 amide bonds. The van der Waals surface area contributed by atoms with E-state index in [9.17, 15) is 4.39 Å². The van der Waals surface area contributed by atoms with E-state index in [-0.39, 0.29) is 11.2 Å². The molecule has 0 fully saturated rings. The second-order valence-corrected chi connectivity index (χ2v) is 6.92. The number of methoxy groups -OCH3 is 1. The van der Waals surface area contributed by atoms with E-state index in [0.717, 1.165) is 12.0 Å². The minimum atomic E-state index is -0.272. The van der Waals surface area contributed by atoms with Gasteiger partial charge in [0.2, 0.25) is 0 Å². The summed E-state index contributed by atoms with van der Waals surface area (Å²) in [6, 6.07) is 11.3. The number of benzene rings is 2. The highest BCUT2D eigenvalue weighted by Crippen LogP contribution is 2.35. The third-order valence-electron chi connectivity index (χ3n) is 4.29. The van der Waals surface area contributed by atoms with Crippen molar-refractivity contribution in [3.05, 3.63) is 58.9 Å². The molecule has 0 saturated heterocycles. The van der Waals surface area contributed by atoms with Crippen LogP contribution >= 0.6 is 0 Å². The molecule has 0 bridgehead atoms. The molecule has 2 aromatic rings. The molecule has 0 aliphatic heterocycles. The summed E-state index contributed by atoms with van der Waals surface area (Å²) < 4.78 is 18.8. The summed E-state index contributed by atoms with van der Waals surface area (Å²) in [6.07, 6.45) is 0.857. The van der Waals surface area contributed by atoms with Gasteiger partial charge in [-0.2, -0.15) is 0 Å². The van der Waals surface area contributed by atoms with Crippen LogP contribution in [0.3, 0.4) is 0 Å². The summed E-state index contributed by atoms with van der Waals surface area (Å²) in [6.45, 7) is 6.45. The third-order valence-corrected chi connectivity index (χ3v) is 4.29. The molecule has 0 aliphatic carbocycles. The van der Waals surface area contributed by atoms with Crippen molar-refractivity contribution in [2.75, 3.05) is 26.1 Å². The largest absolute Gasteiger partial charge is 0.496 e. The third kappa shape index (κ3) is 3.84. The lowest BCUT2D eigenvalue weighted by molar-refractivity contribution is 0.388. The van der Waals surface area contributed by atoms with Gasteiger partial charge >= 0.3 is 0 Å². The monoisotopic (exact) mass is 315 g/mol. The first-order chi connectivity index (χ1) is 10.7. The van der Waals surface area contributed by atoms with E-state index in [1.165, 1.54) is 28.9 Å². The second-order valence-electron chi connectivity index (χ2n) is 6.92. The summed E-state index contributed by atoms with van der Waals surface area (Å²) in [7, 11) is 5.70. The van der Waals surface area contributed by atoms with E-state index < -0.39 is 0 Å². The number of ether oxygens (including phenoxy) is 1. The van der Waals surface area contributed by atoms with Gasteiger partial charge in [0.25, 0.3) is 0 Å². The summed E-state index contributed by atoms with van der Waals surface area (Å²) in [5.74, 6) is 0.335. The summed E-state index contributed by atoms with van der Waals surface area (Å²) >= 11 is 0. The van der Waals surface area contributed by atoms with Crippen molar-refractivity contribution >= 4 is 5.69 Å². The molecule has 0 saturated carbocycles. The Bertz CT molecular complexity index is 692. The first-order valence-electron chi connectivity index (χ1n) is 7.85. The molecule has 2 aromatic carbocycles. The highest BCUT2D eigenvalue weighted by atomic mass is 19.1. The molecule has 0 N–H and O–H groups in total. The van der Waals surface area contributed by atoms with E-state index >= 15 is 0 Å². The molecule has 0 aromatic heterocycles. The van der Waals surface area contributed by atoms with Gasteiger partial charge in [0.1, 0.15) is 11.6 Å². The number of hydrogen-bond acceptors (Lipinski definition) is 2. The first kappa shape index (κ1) is 17.3. The lowest BCUT2D eigenvalue weighted by Gasteiger charge is -2.28. The quantitative estimate of drug-likeness (QED) is 0.791. The average Bonchev–Trinajstić information content (AvgIpc) is 2.48. The van der Waals surface area contributed by atoms with Crippen LogP contribution in [0.1, 0.15) is 30.5 Å². The highest BCUT2D eigenvalue weighted by molar-refractivity contribution is 5.54. The smallest absolute Gasteiger partial charge is 0.126 e. The van der Waals surface area contributed by atoms with Gasteiger partial charge < -0.3 is 9.64 Å². The Morgan fingerprint density at radius 1 is 1.09 bits per heavy atom. The SMILES string of the molecule is COc1cc(F)ccc1C(C)(C)Cc1ccc(C)c(N(C)C)c1. The Balaban J connectivity index is 2.37. The minimum absolute atomic E-state index is 0.155. The van der Waals surface area contributed by atoms with Crippen molar-refractivity contribution in [1.29, 1.82) is 0 Å². The maximum absolute atomic E-state index is 13.4. The van der Waals surface area contributed by atoms with E-state index in [0.29, 0.717) is 5.75 Å². The van der Waals surface area contributed by atoms with Gasteiger partial charge in [-0.05, 0) is 42.0 Å². The second kappa shape index (κ2) is 6.61. The van der Waals surface area contributed by atoms with Gasteiger partial charge in [0.05, 0.1) is 7.11 Å². The zero-order valence-corrected chi connectivity index (χ0v) is 14.9. The topological polar surface area (TPSA) is 12.5 Å². The van der Waals surface area contributed by atoms with E-state index in [1.54, 1.807) is 7.11 Å². The molecule has 0 spiro atoms. The van der Waals surface area contributed by atoms with Gasteiger partial charge in [-0.1, -0.05) is 32.0 Å². The fraction of sp³-hybridized carbons (Fsp3) is 0.400. The van der Waals surface area contributed by atoms with Crippen LogP contribution in [0.25, 0.3) is 0 Å². The van der Waals surface area contributed by atoms with E-state index in [2.05, 4.69) is 58.0 Å². The van der Waals surface area contributed by atoms with E-state index in [1.807, 2.05) is 6.07 Å². The molecule has 0 aliphatic rings. The van der Waals surface area contributed by atoms with Crippen LogP contribution in [-0.2, 0) is 11.8 Å². The van der Waals surface area contributed by atoms with Gasteiger partial charge in [0.15, 0.2) is 0 Å². The zero-order chi connectivity index (χ0) is 17.2. The van der Waals surface area contributed by atoms with Crippen LogP contribution in [0.15, 0.2) is 36.4 Å². The molecule has 0 unspecified atom stereocenters. The van der Waals surface area contributed by atoms with Crippen LogP contribution in [0, 0.1) is 12.7 Å². The molecule has 0 atom stereocenters. The van der Waals surface area contributed by atoms with Crippen molar-refractivity contribution in [2.45, 2.75) is 32.6 Å². The predicted octanol–water partition coefficient (Wildman–Crippen LogP) is 4.73. The molecule has 124 valence electrons. The fourth-order valence-electron chi connectivity index (χ4n) is 3.08. The highest BCUT2D eigenvalue weighted by Gasteiger charge is 2.25. The van der Waals surface area contributed by atoms with Crippen LogP contribution in [0.4, 0.5) is 10.1 Å². The maximum atomic E-state index is 13.4. The Hall–Kier alpha value is -2.03. The van der Waals surface area contributed by atoms with Crippen molar-refractivity contribution in [3.8, 4) is 5.75 Å². The van der Waals surface area contributed by atoms with Crippen LogP contribution in [0.2, 0.25) is 0 Å². The molecular formula is C20H26FNO. The maximum Gasteiger partial charge on any atom is 0.126 e. The number of anilines is 1. The Labute approximate surface area is 138 Å². The standard InChI is InChI=1S/C20H26FNO/c1-14-7-8-15(11-18(14)22(4)5)13-20(2,3)17-10-9-16(21)12-19(17)23-6/h7-12H,13H2,1-6H3. The fourth-order valence-corrected chi connectivity index (χ4v) is 3.08. The molecule has 0 radical (unpaired) electrons. The van der Waals surface area contributed by atoms with Gasteiger partial charge in [-0.15, -0.1) is 0 Å². The van der Waals surface area contributed by atoms with Gasteiger partial charge in [-0.3, -0.25) is 0 Å². The number of nitrogens with zero attached hydrogens (tertiary/aromatic N) is 1. The van der Waals surface area contributed by atoms with Crippen LogP contribution in [0.5, 0.6) is 5.75 Å². The number of halogens is 1. The van der Waals surface area contributed by atoms with Crippen molar-refractivity contribution in [2.24, 2.45) is 0 Å². The molecule has 3 heteroatoms. The first-order valence-corrected chi connectivity index (χ1v) is 7.85.